The minimum atomic E-state index is -1.55. The monoisotopic (exact) mass is 446 g/mol. The predicted octanol–water partition coefficient (Wildman–Crippen LogP) is 5.06. The minimum absolute atomic E-state index is 0.209. The molecule has 0 saturated heterocycles. The molecule has 0 aliphatic heterocycles. The third-order valence-electron chi connectivity index (χ3n) is 3.97. The van der Waals surface area contributed by atoms with Gasteiger partial charge in [0.25, 0.3) is 5.91 Å². The molecule has 3 nitrogen and oxygen atoms in total. The molecule has 0 N–H and O–H groups in total. The Balaban J connectivity index is 2.22. The molecule has 3 rings (SSSR count). The highest BCUT2D eigenvalue weighted by atomic mass is 127. The number of hydrogen-bond acceptors (Lipinski definition) is 2. The van der Waals surface area contributed by atoms with Gasteiger partial charge in [0.1, 0.15) is 5.69 Å². The molecule has 1 atom stereocenters. The van der Waals surface area contributed by atoms with Gasteiger partial charge in [-0.2, -0.15) is 0 Å². The molecule has 25 heavy (non-hydrogen) atoms. The number of carbonyl (C=O) groups excluding carboxylic acids is 1. The minimum Gasteiger partial charge on any atom is -0.307 e. The van der Waals surface area contributed by atoms with Gasteiger partial charge < -0.3 is 4.90 Å². The van der Waals surface area contributed by atoms with Crippen molar-refractivity contribution in [1.29, 1.82) is 0 Å². The van der Waals surface area contributed by atoms with Crippen LogP contribution in [-0.4, -0.2) is 29.1 Å². The summed E-state index contributed by atoms with van der Waals surface area (Å²) in [6.45, 7) is 3.39. The Kier molecular flexibility index (Phi) is 5.13. The molecular weight excluding hydrogens is 430 g/mol. The lowest BCUT2D eigenvalue weighted by molar-refractivity contribution is 0.0637. The summed E-state index contributed by atoms with van der Waals surface area (Å²) >= 11 is 2.25. The number of hydrogen-bond donors (Lipinski definition) is 0. The highest BCUT2D eigenvalue weighted by molar-refractivity contribution is 14.1. The maximum atomic E-state index is 13.8. The van der Waals surface area contributed by atoms with Crippen molar-refractivity contribution >= 4 is 39.3 Å². The van der Waals surface area contributed by atoms with Gasteiger partial charge in [-0.3, -0.25) is 4.79 Å². The lowest BCUT2D eigenvalue weighted by Crippen LogP contribution is -2.33. The van der Waals surface area contributed by atoms with Gasteiger partial charge in [0.05, 0.1) is 5.69 Å². The Hall–Kier alpha value is -2.28. The summed E-state index contributed by atoms with van der Waals surface area (Å²) < 4.78 is 14.9. The predicted molar refractivity (Wildman–Crippen MR) is 107 cm³/mol. The summed E-state index contributed by atoms with van der Waals surface area (Å²) in [7, 11) is 1.40. The first-order valence-corrected chi connectivity index (χ1v) is 8.79. The van der Waals surface area contributed by atoms with Crippen LogP contribution in [-0.2, 0) is 0 Å². The number of halogens is 2. The van der Waals surface area contributed by atoms with Gasteiger partial charge in [-0.25, -0.2) is 9.37 Å². The maximum absolute atomic E-state index is 13.8. The molecule has 0 aliphatic carbocycles. The zero-order valence-corrected chi connectivity index (χ0v) is 15.8. The van der Waals surface area contributed by atoms with Gasteiger partial charge in [-0.15, -0.1) is 0 Å². The summed E-state index contributed by atoms with van der Waals surface area (Å²) in [5, 5.41) is 1.84. The fourth-order valence-electron chi connectivity index (χ4n) is 2.62. The fourth-order valence-corrected chi connectivity index (χ4v) is 3.26. The SMILES string of the molecule is C=CC(F)N(C)C(=O)c1cc2ccccc2c(-c2ccccc2I)n1. The van der Waals surface area contributed by atoms with Gasteiger partial charge in [0.2, 0.25) is 0 Å². The van der Waals surface area contributed by atoms with Gasteiger partial charge >= 0.3 is 0 Å². The summed E-state index contributed by atoms with van der Waals surface area (Å²) in [6.07, 6.45) is -0.471. The Bertz CT molecular complexity index is 957. The van der Waals surface area contributed by atoms with Crippen molar-refractivity contribution in [2.45, 2.75) is 6.30 Å². The molecule has 3 aromatic rings. The number of likely N-dealkylation sites (N-methyl/N-ethyl adjacent to an activating group) is 1. The van der Waals surface area contributed by atoms with Crippen LogP contribution >= 0.6 is 22.6 Å². The fraction of sp³-hybridized carbons (Fsp3) is 0.100. The van der Waals surface area contributed by atoms with E-state index in [-0.39, 0.29) is 5.69 Å². The van der Waals surface area contributed by atoms with E-state index in [1.54, 1.807) is 6.07 Å². The van der Waals surface area contributed by atoms with Crippen molar-refractivity contribution in [3.8, 4) is 11.3 Å². The first-order chi connectivity index (χ1) is 12.0. The summed E-state index contributed by atoms with van der Waals surface area (Å²) in [6, 6.07) is 17.3. The number of benzene rings is 2. The second-order valence-corrected chi connectivity index (χ2v) is 6.74. The summed E-state index contributed by atoms with van der Waals surface area (Å²) in [5.41, 5.74) is 1.87. The Labute approximate surface area is 159 Å². The standard InChI is InChI=1S/C20H16FIN2O/c1-3-18(21)24(2)20(25)17-12-13-8-4-5-9-14(13)19(23-17)15-10-6-7-11-16(15)22/h3-12,18H,1H2,2H3. The van der Waals surface area contributed by atoms with E-state index >= 15 is 0 Å². The van der Waals surface area contributed by atoms with Crippen LogP contribution in [0.5, 0.6) is 0 Å². The van der Waals surface area contributed by atoms with Crippen LogP contribution in [0, 0.1) is 3.57 Å². The Morgan fingerprint density at radius 2 is 1.92 bits per heavy atom. The molecule has 1 heterocycles. The van der Waals surface area contributed by atoms with Crippen molar-refractivity contribution in [2.75, 3.05) is 7.05 Å². The van der Waals surface area contributed by atoms with Crippen LogP contribution < -0.4 is 0 Å². The van der Waals surface area contributed by atoms with Crippen molar-refractivity contribution in [3.63, 3.8) is 0 Å². The molecule has 1 unspecified atom stereocenters. The molecule has 0 saturated carbocycles. The lowest BCUT2D eigenvalue weighted by Gasteiger charge is -2.19. The highest BCUT2D eigenvalue weighted by Crippen LogP contribution is 2.31. The molecule has 1 amide bonds. The topological polar surface area (TPSA) is 33.2 Å². The van der Waals surface area contributed by atoms with Crippen molar-refractivity contribution < 1.29 is 9.18 Å². The van der Waals surface area contributed by atoms with Gasteiger partial charge in [-0.05, 0) is 46.2 Å². The molecule has 5 heteroatoms. The number of fused-ring (bicyclic) bond motifs is 1. The number of amides is 1. The number of nitrogens with zero attached hydrogens (tertiary/aromatic N) is 2. The molecule has 0 bridgehead atoms. The molecule has 0 spiro atoms. The third-order valence-corrected chi connectivity index (χ3v) is 4.91. The van der Waals surface area contributed by atoms with E-state index in [0.29, 0.717) is 5.69 Å². The van der Waals surface area contributed by atoms with Crippen LogP contribution in [0.2, 0.25) is 0 Å². The average Bonchev–Trinajstić information content (AvgIpc) is 2.65. The van der Waals surface area contributed by atoms with Crippen molar-refractivity contribution in [1.82, 2.24) is 9.88 Å². The number of pyridine rings is 1. The zero-order chi connectivity index (χ0) is 18.0. The largest absolute Gasteiger partial charge is 0.307 e. The number of alkyl halides is 1. The smallest absolute Gasteiger partial charge is 0.274 e. The van der Waals surface area contributed by atoms with Gasteiger partial charge in [-0.1, -0.05) is 49.0 Å². The van der Waals surface area contributed by atoms with Crippen molar-refractivity contribution in [3.05, 3.63) is 76.5 Å². The number of carbonyl (C=O) groups is 1. The van der Waals surface area contributed by atoms with Crippen LogP contribution in [0.1, 0.15) is 10.5 Å². The number of aromatic nitrogens is 1. The van der Waals surface area contributed by atoms with E-state index in [9.17, 15) is 9.18 Å². The second kappa shape index (κ2) is 7.31. The Morgan fingerprint density at radius 3 is 2.64 bits per heavy atom. The maximum Gasteiger partial charge on any atom is 0.274 e. The lowest BCUT2D eigenvalue weighted by atomic mass is 10.0. The van der Waals surface area contributed by atoms with E-state index in [0.717, 1.165) is 30.9 Å². The van der Waals surface area contributed by atoms with E-state index in [1.807, 2.05) is 48.5 Å². The first kappa shape index (κ1) is 17.5. The van der Waals surface area contributed by atoms with Gasteiger partial charge in [0.15, 0.2) is 6.30 Å². The normalized spacial score (nSPS) is 12.0. The Morgan fingerprint density at radius 1 is 1.24 bits per heavy atom. The highest BCUT2D eigenvalue weighted by Gasteiger charge is 2.21. The molecule has 0 fully saturated rings. The van der Waals surface area contributed by atoms with Crippen LogP contribution in [0.3, 0.4) is 0 Å². The molecule has 126 valence electrons. The first-order valence-electron chi connectivity index (χ1n) is 7.71. The zero-order valence-electron chi connectivity index (χ0n) is 13.6. The third kappa shape index (κ3) is 3.42. The summed E-state index contributed by atoms with van der Waals surface area (Å²) in [5.74, 6) is -0.481. The van der Waals surface area contributed by atoms with E-state index in [4.69, 9.17) is 0 Å². The molecule has 1 aromatic heterocycles. The second-order valence-electron chi connectivity index (χ2n) is 5.58. The molecule has 0 aliphatic rings. The van der Waals surface area contributed by atoms with E-state index in [2.05, 4.69) is 34.2 Å². The van der Waals surface area contributed by atoms with E-state index < -0.39 is 12.2 Å². The van der Waals surface area contributed by atoms with Crippen LogP contribution in [0.25, 0.3) is 22.0 Å². The molecule has 2 aromatic carbocycles. The van der Waals surface area contributed by atoms with Gasteiger partial charge in [0, 0.05) is 21.6 Å². The van der Waals surface area contributed by atoms with Crippen LogP contribution in [0.4, 0.5) is 4.39 Å². The quantitative estimate of drug-likeness (QED) is 0.319. The van der Waals surface area contributed by atoms with Crippen LogP contribution in [0.15, 0.2) is 67.3 Å². The molecule has 0 radical (unpaired) electrons. The van der Waals surface area contributed by atoms with Crippen molar-refractivity contribution in [2.24, 2.45) is 0 Å². The van der Waals surface area contributed by atoms with E-state index in [1.165, 1.54) is 7.05 Å². The molecular formula is C20H16FIN2O. The average molecular weight is 446 g/mol. The number of rotatable bonds is 4. The summed E-state index contributed by atoms with van der Waals surface area (Å²) in [4.78, 5) is 18.2.